The summed E-state index contributed by atoms with van der Waals surface area (Å²) in [6.07, 6.45) is 1.17. The van der Waals surface area contributed by atoms with Crippen LogP contribution in [0.2, 0.25) is 3.93 Å². The number of ether oxygens (including phenoxy) is 1. The quantitative estimate of drug-likeness (QED) is 0.781. The molecule has 1 rings (SSSR count). The molecular weight excluding hydrogens is 273 g/mol. The molecule has 1 fully saturated rings. The zero-order valence-corrected chi connectivity index (χ0v) is 11.4. The van der Waals surface area contributed by atoms with Gasteiger partial charge in [-0.05, 0) is 0 Å². The Labute approximate surface area is 89.8 Å². The zero-order chi connectivity index (χ0) is 9.90. The van der Waals surface area contributed by atoms with Crippen LogP contribution in [0.5, 0.6) is 0 Å². The van der Waals surface area contributed by atoms with Crippen molar-refractivity contribution in [2.45, 2.75) is 36.7 Å². The maximum absolute atomic E-state index is 11.4. The summed E-state index contributed by atoms with van der Waals surface area (Å²) in [5.41, 5.74) is -0.302. The van der Waals surface area contributed by atoms with Gasteiger partial charge in [-0.2, -0.15) is 0 Å². The van der Waals surface area contributed by atoms with Crippen molar-refractivity contribution in [2.24, 2.45) is 0 Å². The third kappa shape index (κ3) is 4.86. The van der Waals surface area contributed by atoms with Crippen LogP contribution in [0, 0.1) is 0 Å². The van der Waals surface area contributed by atoms with E-state index in [1.54, 1.807) is 0 Å². The third-order valence-corrected chi connectivity index (χ3v) is 5.32. The van der Waals surface area contributed by atoms with Crippen LogP contribution in [-0.2, 0) is 4.74 Å². The van der Waals surface area contributed by atoms with Gasteiger partial charge < -0.3 is 0 Å². The molecule has 1 aliphatic rings. The summed E-state index contributed by atoms with van der Waals surface area (Å²) < 4.78 is 6.06. The minimum atomic E-state index is -0.972. The fourth-order valence-electron chi connectivity index (χ4n) is 1.25. The average Bonchev–Trinajstić information content (AvgIpc) is 2.34. The second-order valence-corrected chi connectivity index (χ2v) is 8.66. The minimum absolute atomic E-state index is 0.102. The molecule has 0 aliphatic carbocycles. The van der Waals surface area contributed by atoms with Crippen LogP contribution in [0.1, 0.15) is 27.2 Å². The van der Waals surface area contributed by atoms with Crippen LogP contribution in [0.4, 0.5) is 4.79 Å². The molecule has 4 heteroatoms. The van der Waals surface area contributed by atoms with Gasteiger partial charge in [-0.15, -0.1) is 0 Å². The summed E-state index contributed by atoms with van der Waals surface area (Å²) in [5, 5.41) is 3.28. The molecule has 1 saturated heterocycles. The fourth-order valence-corrected chi connectivity index (χ4v) is 4.77. The Morgan fingerprint density at radius 3 is 2.69 bits per heavy atom. The van der Waals surface area contributed by atoms with Crippen molar-refractivity contribution in [3.8, 4) is 0 Å². The topological polar surface area (TPSA) is 38.3 Å². The summed E-state index contributed by atoms with van der Waals surface area (Å²) in [6, 6.07) is 0. The summed E-state index contributed by atoms with van der Waals surface area (Å²) >= 11 is -0.972. The van der Waals surface area contributed by atoms with Gasteiger partial charge in [0, 0.05) is 0 Å². The predicted molar refractivity (Wildman–Crippen MR) is 53.2 cm³/mol. The van der Waals surface area contributed by atoms with Crippen molar-refractivity contribution in [2.75, 3.05) is 13.1 Å². The molecule has 1 aliphatic heterocycles. The van der Waals surface area contributed by atoms with E-state index in [1.165, 1.54) is 6.42 Å². The standard InChI is InChI=1S/C5H9O2.C4H8N.Sn/c1-5(2,3)7-4-6;1-2-4-5-3-1;/h1-3H3;1,5H,2-4H2;. The molecular formula is C9H17NO2Sn. The zero-order valence-electron chi connectivity index (χ0n) is 8.52. The van der Waals surface area contributed by atoms with Crippen molar-refractivity contribution in [3.05, 3.63) is 0 Å². The average molecular weight is 290 g/mol. The second kappa shape index (κ2) is 4.64. The Morgan fingerprint density at radius 1 is 1.54 bits per heavy atom. The van der Waals surface area contributed by atoms with Gasteiger partial charge >= 0.3 is 89.8 Å². The molecule has 0 aromatic rings. The summed E-state index contributed by atoms with van der Waals surface area (Å²) in [7, 11) is 0. The van der Waals surface area contributed by atoms with E-state index in [0.717, 1.165) is 13.1 Å². The van der Waals surface area contributed by atoms with E-state index in [4.69, 9.17) is 4.74 Å². The summed E-state index contributed by atoms with van der Waals surface area (Å²) in [5.74, 6) is 0. The van der Waals surface area contributed by atoms with Crippen LogP contribution in [0.25, 0.3) is 0 Å². The van der Waals surface area contributed by atoms with Crippen molar-refractivity contribution in [3.63, 3.8) is 0 Å². The molecule has 3 nitrogen and oxygen atoms in total. The first-order valence-corrected chi connectivity index (χ1v) is 7.75. The third-order valence-electron chi connectivity index (χ3n) is 1.78. The van der Waals surface area contributed by atoms with E-state index in [-0.39, 0.29) is 9.59 Å². The van der Waals surface area contributed by atoms with Crippen molar-refractivity contribution in [1.82, 2.24) is 5.32 Å². The Morgan fingerprint density at radius 2 is 2.23 bits per heavy atom. The second-order valence-electron chi connectivity index (χ2n) is 4.34. The molecule has 74 valence electrons. The summed E-state index contributed by atoms with van der Waals surface area (Å²) in [4.78, 5) is 11.4. The number of carbonyl (C=O) groups excluding carboxylic acids is 1. The number of hydrogen-bond acceptors (Lipinski definition) is 3. The van der Waals surface area contributed by atoms with Crippen LogP contribution >= 0.6 is 0 Å². The number of hydrogen-bond donors (Lipinski definition) is 1. The van der Waals surface area contributed by atoms with Gasteiger partial charge in [-0.25, -0.2) is 0 Å². The molecule has 1 atom stereocenters. The first-order valence-electron chi connectivity index (χ1n) is 4.67. The molecule has 0 amide bonds. The van der Waals surface area contributed by atoms with E-state index in [2.05, 4.69) is 5.32 Å². The normalized spacial score (nSPS) is 23.2. The van der Waals surface area contributed by atoms with Crippen LogP contribution in [0.15, 0.2) is 0 Å². The molecule has 0 spiro atoms. The number of rotatable bonds is 2. The van der Waals surface area contributed by atoms with Crippen LogP contribution in [-0.4, -0.2) is 43.8 Å². The van der Waals surface area contributed by atoms with Crippen molar-refractivity contribution >= 4 is 25.1 Å². The van der Waals surface area contributed by atoms with Gasteiger partial charge in [0.2, 0.25) is 0 Å². The predicted octanol–water partition coefficient (Wildman–Crippen LogP) is 1.41. The van der Waals surface area contributed by atoms with Gasteiger partial charge in [0.05, 0.1) is 0 Å². The Balaban J connectivity index is 2.24. The van der Waals surface area contributed by atoms with Gasteiger partial charge in [0.25, 0.3) is 0 Å². The van der Waals surface area contributed by atoms with Crippen LogP contribution in [0.3, 0.4) is 0 Å². The molecule has 0 aromatic carbocycles. The maximum atomic E-state index is 11.4. The Bertz CT molecular complexity index is 183. The molecule has 0 bridgehead atoms. The first kappa shape index (κ1) is 11.3. The molecule has 1 N–H and O–H groups in total. The van der Waals surface area contributed by atoms with Gasteiger partial charge in [-0.3, -0.25) is 0 Å². The van der Waals surface area contributed by atoms with Crippen LogP contribution < -0.4 is 5.32 Å². The van der Waals surface area contributed by atoms with Crippen molar-refractivity contribution < 1.29 is 9.53 Å². The summed E-state index contributed by atoms with van der Waals surface area (Å²) in [6.45, 7) is 7.89. The molecule has 1 unspecified atom stereocenters. The van der Waals surface area contributed by atoms with E-state index in [1.807, 2.05) is 20.8 Å². The SMILES string of the molecule is CC(C)(C)O[C](=O)[Sn][CH]1CCNC1. The number of nitrogens with one attached hydrogen (secondary N) is 1. The van der Waals surface area contributed by atoms with Gasteiger partial charge in [-0.1, -0.05) is 0 Å². The molecule has 0 aromatic heterocycles. The Kier molecular flexibility index (Phi) is 4.03. The van der Waals surface area contributed by atoms with Gasteiger partial charge in [0.1, 0.15) is 0 Å². The van der Waals surface area contributed by atoms with Gasteiger partial charge in [0.15, 0.2) is 0 Å². The van der Waals surface area contributed by atoms with E-state index >= 15 is 0 Å². The van der Waals surface area contributed by atoms with E-state index in [9.17, 15) is 4.79 Å². The molecule has 0 saturated carbocycles. The van der Waals surface area contributed by atoms with E-state index in [0.29, 0.717) is 3.93 Å². The van der Waals surface area contributed by atoms with E-state index < -0.39 is 21.1 Å². The monoisotopic (exact) mass is 291 g/mol. The fraction of sp³-hybridized carbons (Fsp3) is 0.889. The Hall–Kier alpha value is 0.229. The first-order chi connectivity index (χ1) is 5.97. The number of carbonyl (C=O) groups is 1. The molecule has 13 heavy (non-hydrogen) atoms. The van der Waals surface area contributed by atoms with Crippen molar-refractivity contribution in [1.29, 1.82) is 0 Å². The molecule has 2 radical (unpaired) electrons. The molecule has 1 heterocycles.